The molecule has 1 N–H and O–H groups in total. The maximum Gasteiger partial charge on any atom is 0.0555 e. The monoisotopic (exact) mass is 367 g/mol. The molecule has 0 amide bonds. The highest BCUT2D eigenvalue weighted by atomic mass is 32.2. The second-order valence-electron chi connectivity index (χ2n) is 7.55. The Balaban J connectivity index is 1.56. The first-order chi connectivity index (χ1) is 12.7. The van der Waals surface area contributed by atoms with E-state index in [2.05, 4.69) is 71.4 Å². The first kappa shape index (κ1) is 17.9. The van der Waals surface area contributed by atoms with Crippen LogP contribution in [0.15, 0.2) is 52.3 Å². The summed E-state index contributed by atoms with van der Waals surface area (Å²) in [5.74, 6) is 0.560. The van der Waals surface area contributed by atoms with Gasteiger partial charge in [-0.15, -0.1) is 0 Å². The molecule has 0 spiro atoms. The first-order valence-corrected chi connectivity index (χ1v) is 10.7. The van der Waals surface area contributed by atoms with Gasteiger partial charge in [-0.2, -0.15) is 0 Å². The average molecular weight is 368 g/mol. The maximum absolute atomic E-state index is 3.44. The number of rotatable bonds is 5. The number of benzene rings is 2. The van der Waals surface area contributed by atoms with Crippen LogP contribution in [0, 0.1) is 0 Å². The van der Waals surface area contributed by atoms with Crippen LogP contribution in [0.25, 0.3) is 0 Å². The minimum Gasteiger partial charge on any atom is -0.340 e. The fourth-order valence-corrected chi connectivity index (χ4v) is 4.91. The Kier molecular flexibility index (Phi) is 5.53. The Hall–Kier alpha value is -1.49. The van der Waals surface area contributed by atoms with Gasteiger partial charge in [-0.1, -0.05) is 43.8 Å². The third-order valence-corrected chi connectivity index (χ3v) is 6.51. The maximum atomic E-state index is 3.44. The molecule has 0 atom stereocenters. The molecule has 26 heavy (non-hydrogen) atoms. The molecule has 2 aliphatic heterocycles. The SMILES string of the molecule is CC(C)c1ccc2c(c1)N(CCCN1CCNCC1)c1ccccc1S2. The van der Waals surface area contributed by atoms with Crippen LogP contribution in [0.3, 0.4) is 0 Å². The van der Waals surface area contributed by atoms with Crippen molar-refractivity contribution < 1.29 is 0 Å². The Labute approximate surface area is 161 Å². The number of nitrogens with one attached hydrogen (secondary N) is 1. The van der Waals surface area contributed by atoms with Crippen molar-refractivity contribution in [1.29, 1.82) is 0 Å². The minimum absolute atomic E-state index is 0.560. The van der Waals surface area contributed by atoms with Gasteiger partial charge < -0.3 is 15.1 Å². The van der Waals surface area contributed by atoms with Crippen LogP contribution >= 0.6 is 11.8 Å². The third-order valence-electron chi connectivity index (χ3n) is 5.38. The summed E-state index contributed by atoms with van der Waals surface area (Å²) in [5.41, 5.74) is 4.18. The van der Waals surface area contributed by atoms with Gasteiger partial charge in [0.1, 0.15) is 0 Å². The van der Waals surface area contributed by atoms with E-state index in [4.69, 9.17) is 0 Å². The number of piperazine rings is 1. The number of para-hydroxylation sites is 1. The van der Waals surface area contributed by atoms with E-state index in [9.17, 15) is 0 Å². The summed E-state index contributed by atoms with van der Waals surface area (Å²) in [6, 6.07) is 15.9. The summed E-state index contributed by atoms with van der Waals surface area (Å²) in [6.45, 7) is 11.4. The van der Waals surface area contributed by atoms with Gasteiger partial charge in [0, 0.05) is 42.5 Å². The Morgan fingerprint density at radius 2 is 1.73 bits per heavy atom. The molecule has 2 aromatic carbocycles. The number of fused-ring (bicyclic) bond motifs is 2. The van der Waals surface area contributed by atoms with Crippen molar-refractivity contribution in [1.82, 2.24) is 10.2 Å². The highest BCUT2D eigenvalue weighted by molar-refractivity contribution is 7.99. The molecule has 3 nitrogen and oxygen atoms in total. The van der Waals surface area contributed by atoms with E-state index in [0.717, 1.165) is 19.6 Å². The normalized spacial score (nSPS) is 17.3. The predicted octanol–water partition coefficient (Wildman–Crippen LogP) is 4.71. The summed E-state index contributed by atoms with van der Waals surface area (Å²) in [4.78, 5) is 7.90. The highest BCUT2D eigenvalue weighted by Gasteiger charge is 2.23. The molecule has 0 radical (unpaired) electrons. The molecule has 2 aromatic rings. The van der Waals surface area contributed by atoms with Crippen LogP contribution in [-0.2, 0) is 0 Å². The van der Waals surface area contributed by atoms with Crippen LogP contribution in [0.5, 0.6) is 0 Å². The van der Waals surface area contributed by atoms with Gasteiger partial charge in [-0.05, 0) is 48.7 Å². The molecule has 4 rings (SSSR count). The number of hydrogen-bond acceptors (Lipinski definition) is 4. The summed E-state index contributed by atoms with van der Waals surface area (Å²) in [5, 5.41) is 3.44. The Morgan fingerprint density at radius 1 is 0.962 bits per heavy atom. The number of anilines is 2. The molecule has 1 fully saturated rings. The lowest BCUT2D eigenvalue weighted by molar-refractivity contribution is 0.239. The van der Waals surface area contributed by atoms with Gasteiger partial charge in [-0.25, -0.2) is 0 Å². The fourth-order valence-electron chi connectivity index (χ4n) is 3.83. The van der Waals surface area contributed by atoms with Gasteiger partial charge >= 0.3 is 0 Å². The van der Waals surface area contributed by atoms with Crippen LogP contribution in [-0.4, -0.2) is 44.2 Å². The molecule has 0 unspecified atom stereocenters. The highest BCUT2D eigenvalue weighted by Crippen LogP contribution is 2.48. The molecule has 138 valence electrons. The smallest absolute Gasteiger partial charge is 0.0555 e. The molecule has 0 aliphatic carbocycles. The molecule has 0 bridgehead atoms. The molecule has 1 saturated heterocycles. The molecule has 2 aliphatic rings. The van der Waals surface area contributed by atoms with Crippen molar-refractivity contribution in [3.63, 3.8) is 0 Å². The van der Waals surface area contributed by atoms with Gasteiger partial charge in [0.25, 0.3) is 0 Å². The van der Waals surface area contributed by atoms with E-state index in [1.165, 1.54) is 52.8 Å². The lowest BCUT2D eigenvalue weighted by Gasteiger charge is -2.34. The first-order valence-electron chi connectivity index (χ1n) is 9.84. The molecule has 0 aromatic heterocycles. The summed E-state index contributed by atoms with van der Waals surface area (Å²) < 4.78 is 0. The average Bonchev–Trinajstić information content (AvgIpc) is 2.68. The Morgan fingerprint density at radius 3 is 2.54 bits per heavy atom. The van der Waals surface area contributed by atoms with Crippen molar-refractivity contribution in [2.24, 2.45) is 0 Å². The lowest BCUT2D eigenvalue weighted by Crippen LogP contribution is -2.44. The van der Waals surface area contributed by atoms with Gasteiger partial charge in [0.05, 0.1) is 11.4 Å². The van der Waals surface area contributed by atoms with Crippen LogP contribution < -0.4 is 10.2 Å². The fraction of sp³-hybridized carbons (Fsp3) is 0.455. The third kappa shape index (κ3) is 3.78. The van der Waals surface area contributed by atoms with E-state index in [-0.39, 0.29) is 0 Å². The van der Waals surface area contributed by atoms with Crippen molar-refractivity contribution in [2.45, 2.75) is 36.0 Å². The van der Waals surface area contributed by atoms with Gasteiger partial charge in [0.15, 0.2) is 0 Å². The van der Waals surface area contributed by atoms with E-state index >= 15 is 0 Å². The quantitative estimate of drug-likeness (QED) is 0.825. The van der Waals surface area contributed by atoms with E-state index < -0.39 is 0 Å². The number of hydrogen-bond donors (Lipinski definition) is 1. The molecule has 2 heterocycles. The second-order valence-corrected chi connectivity index (χ2v) is 8.63. The van der Waals surface area contributed by atoms with Crippen LogP contribution in [0.4, 0.5) is 11.4 Å². The number of nitrogens with zero attached hydrogens (tertiary/aromatic N) is 2. The predicted molar refractivity (Wildman–Crippen MR) is 112 cm³/mol. The van der Waals surface area contributed by atoms with Crippen molar-refractivity contribution in [3.8, 4) is 0 Å². The standard InChI is InChI=1S/C22H29N3S/c1-17(2)18-8-9-22-20(16-18)25(19-6-3-4-7-21(19)26-22)13-5-12-24-14-10-23-11-15-24/h3-4,6-9,16-17,23H,5,10-15H2,1-2H3. The van der Waals surface area contributed by atoms with E-state index in [1.807, 2.05) is 11.8 Å². The molecular weight excluding hydrogens is 338 g/mol. The van der Waals surface area contributed by atoms with Crippen LogP contribution in [0.2, 0.25) is 0 Å². The molecular formula is C22H29N3S. The molecule has 4 heteroatoms. The van der Waals surface area contributed by atoms with Gasteiger partial charge in [0.2, 0.25) is 0 Å². The summed E-state index contributed by atoms with van der Waals surface area (Å²) in [6.07, 6.45) is 1.20. The van der Waals surface area contributed by atoms with Crippen molar-refractivity contribution >= 4 is 23.1 Å². The zero-order chi connectivity index (χ0) is 17.9. The zero-order valence-corrected chi connectivity index (χ0v) is 16.7. The lowest BCUT2D eigenvalue weighted by atomic mass is 10.0. The van der Waals surface area contributed by atoms with Crippen molar-refractivity contribution in [3.05, 3.63) is 48.0 Å². The molecule has 0 saturated carbocycles. The topological polar surface area (TPSA) is 18.5 Å². The Bertz CT molecular complexity index is 753. The largest absolute Gasteiger partial charge is 0.340 e. The van der Waals surface area contributed by atoms with Gasteiger partial charge in [-0.3, -0.25) is 0 Å². The zero-order valence-electron chi connectivity index (χ0n) is 15.9. The van der Waals surface area contributed by atoms with E-state index in [0.29, 0.717) is 5.92 Å². The summed E-state index contributed by atoms with van der Waals surface area (Å²) in [7, 11) is 0. The minimum atomic E-state index is 0.560. The second kappa shape index (κ2) is 8.03. The van der Waals surface area contributed by atoms with Crippen molar-refractivity contribution in [2.75, 3.05) is 44.2 Å². The van der Waals surface area contributed by atoms with E-state index in [1.54, 1.807) is 0 Å². The van der Waals surface area contributed by atoms with Crippen LogP contribution in [0.1, 0.15) is 31.7 Å². The summed E-state index contributed by atoms with van der Waals surface area (Å²) >= 11 is 1.91.